The van der Waals surface area contributed by atoms with Gasteiger partial charge in [-0.05, 0) is 24.3 Å². The molecule has 0 saturated heterocycles. The van der Waals surface area contributed by atoms with Crippen molar-refractivity contribution in [2.24, 2.45) is 10.7 Å². The molecule has 0 atom stereocenters. The second kappa shape index (κ2) is 6.24. The highest BCUT2D eigenvalue weighted by Crippen LogP contribution is 2.23. The number of hydrogen-bond donors (Lipinski definition) is 1. The number of alkyl halides is 1. The first-order valence-electron chi connectivity index (χ1n) is 5.53. The molecule has 0 aliphatic heterocycles. The predicted octanol–water partition coefficient (Wildman–Crippen LogP) is 3.23. The van der Waals surface area contributed by atoms with E-state index in [4.69, 9.17) is 26.5 Å². The minimum absolute atomic E-state index is 0.0956. The molecule has 0 saturated carbocycles. The van der Waals surface area contributed by atoms with E-state index in [-0.39, 0.29) is 24.1 Å². The lowest BCUT2D eigenvalue weighted by atomic mass is 10.3. The van der Waals surface area contributed by atoms with Crippen molar-refractivity contribution in [3.8, 4) is 5.75 Å². The summed E-state index contributed by atoms with van der Waals surface area (Å²) in [6.45, 7) is 0.163. The van der Waals surface area contributed by atoms with E-state index in [1.807, 2.05) is 0 Å². The van der Waals surface area contributed by atoms with Gasteiger partial charge in [0.25, 0.3) is 0 Å². The first-order chi connectivity index (χ1) is 9.19. The second-order valence-corrected chi connectivity index (χ2v) is 3.99. The molecule has 2 aromatic rings. The Morgan fingerprint density at radius 3 is 2.89 bits per heavy atom. The predicted molar refractivity (Wildman–Crippen MR) is 71.4 cm³/mol. The molecule has 1 heterocycles. The summed E-state index contributed by atoms with van der Waals surface area (Å²) in [4.78, 5) is 3.94. The molecule has 0 amide bonds. The van der Waals surface area contributed by atoms with Crippen LogP contribution in [0.15, 0.2) is 46.0 Å². The maximum Gasteiger partial charge on any atom is 0.167 e. The molecule has 0 aliphatic rings. The molecule has 1 aromatic carbocycles. The van der Waals surface area contributed by atoms with Gasteiger partial charge in [-0.15, -0.1) is 11.6 Å². The highest BCUT2D eigenvalue weighted by Gasteiger charge is 2.06. The average molecular weight is 283 g/mol. The fraction of sp³-hybridized carbons (Fsp3) is 0.154. The Balaban J connectivity index is 2.07. The highest BCUT2D eigenvalue weighted by atomic mass is 35.5. The van der Waals surface area contributed by atoms with Gasteiger partial charge in [0.1, 0.15) is 18.2 Å². The van der Waals surface area contributed by atoms with Crippen molar-refractivity contribution < 1.29 is 13.5 Å². The molecule has 2 rings (SSSR count). The Kier molecular flexibility index (Phi) is 4.41. The van der Waals surface area contributed by atoms with Crippen LogP contribution in [-0.4, -0.2) is 11.7 Å². The zero-order chi connectivity index (χ0) is 13.7. The minimum atomic E-state index is -0.518. The Morgan fingerprint density at radius 2 is 2.26 bits per heavy atom. The van der Waals surface area contributed by atoms with Crippen LogP contribution >= 0.6 is 11.6 Å². The standard InChI is InChI=1S/C13H12ClFN2O2/c14-7-13(16)17-9-3-4-12(11(15)6-9)19-8-10-2-1-5-18-10/h1-6H,7-8H2,(H2,16,17). The molecule has 100 valence electrons. The molecule has 0 radical (unpaired) electrons. The van der Waals surface area contributed by atoms with Gasteiger partial charge in [0.2, 0.25) is 0 Å². The number of amidine groups is 1. The average Bonchev–Trinajstić information content (AvgIpc) is 2.91. The molecule has 0 spiro atoms. The van der Waals surface area contributed by atoms with E-state index in [2.05, 4.69) is 4.99 Å². The Hall–Kier alpha value is -2.01. The monoisotopic (exact) mass is 282 g/mol. The number of hydrogen-bond acceptors (Lipinski definition) is 3. The molecule has 4 nitrogen and oxygen atoms in total. The lowest BCUT2D eigenvalue weighted by Crippen LogP contribution is -2.12. The molecular formula is C13H12ClFN2O2. The number of aliphatic imine (C=N–C) groups is 1. The number of nitrogens with zero attached hydrogens (tertiary/aromatic N) is 1. The Morgan fingerprint density at radius 1 is 1.42 bits per heavy atom. The third kappa shape index (κ3) is 3.72. The quantitative estimate of drug-likeness (QED) is 0.520. The van der Waals surface area contributed by atoms with Gasteiger partial charge >= 0.3 is 0 Å². The second-order valence-electron chi connectivity index (χ2n) is 3.72. The van der Waals surface area contributed by atoms with Crippen molar-refractivity contribution in [3.63, 3.8) is 0 Å². The lowest BCUT2D eigenvalue weighted by Gasteiger charge is -2.06. The summed E-state index contributed by atoms with van der Waals surface area (Å²) in [6.07, 6.45) is 1.53. The summed E-state index contributed by atoms with van der Waals surface area (Å²) < 4.78 is 24.1. The van der Waals surface area contributed by atoms with Crippen molar-refractivity contribution in [3.05, 3.63) is 48.2 Å². The van der Waals surface area contributed by atoms with Crippen molar-refractivity contribution >= 4 is 23.1 Å². The summed E-state index contributed by atoms with van der Waals surface area (Å²) in [5.41, 5.74) is 5.86. The first kappa shape index (κ1) is 13.4. The van der Waals surface area contributed by atoms with Crippen molar-refractivity contribution in [1.82, 2.24) is 0 Å². The molecule has 1 aromatic heterocycles. The smallest absolute Gasteiger partial charge is 0.167 e. The van der Waals surface area contributed by atoms with Gasteiger partial charge in [-0.25, -0.2) is 9.38 Å². The number of ether oxygens (including phenoxy) is 1. The van der Waals surface area contributed by atoms with E-state index in [9.17, 15) is 4.39 Å². The van der Waals surface area contributed by atoms with Gasteiger partial charge in [-0.1, -0.05) is 0 Å². The van der Waals surface area contributed by atoms with Gasteiger partial charge in [0, 0.05) is 6.07 Å². The lowest BCUT2D eigenvalue weighted by molar-refractivity contribution is 0.258. The van der Waals surface area contributed by atoms with E-state index in [1.165, 1.54) is 18.4 Å². The Labute approximate surface area is 114 Å². The maximum atomic E-state index is 13.7. The number of halogens is 2. The third-order valence-corrected chi connectivity index (χ3v) is 2.55. The van der Waals surface area contributed by atoms with E-state index in [0.29, 0.717) is 11.4 Å². The number of furan rings is 1. The fourth-order valence-corrected chi connectivity index (χ4v) is 1.48. The number of nitrogens with two attached hydrogens (primary N) is 1. The van der Waals surface area contributed by atoms with Crippen LogP contribution in [0.3, 0.4) is 0 Å². The van der Waals surface area contributed by atoms with E-state index in [0.717, 1.165) is 0 Å². The molecular weight excluding hydrogens is 271 g/mol. The van der Waals surface area contributed by atoms with Crippen LogP contribution in [0.1, 0.15) is 5.76 Å². The molecule has 0 fully saturated rings. The zero-order valence-electron chi connectivity index (χ0n) is 9.98. The summed E-state index contributed by atoms with van der Waals surface area (Å²) in [6, 6.07) is 7.80. The normalized spacial score (nSPS) is 11.6. The van der Waals surface area contributed by atoms with Gasteiger partial charge in [0.15, 0.2) is 11.6 Å². The summed E-state index contributed by atoms with van der Waals surface area (Å²) in [5.74, 6) is 0.548. The van der Waals surface area contributed by atoms with Crippen molar-refractivity contribution in [2.45, 2.75) is 6.61 Å². The number of rotatable bonds is 5. The van der Waals surface area contributed by atoms with Gasteiger partial charge in [-0.3, -0.25) is 0 Å². The minimum Gasteiger partial charge on any atom is -0.483 e. The zero-order valence-corrected chi connectivity index (χ0v) is 10.7. The van der Waals surface area contributed by atoms with Crippen LogP contribution in [-0.2, 0) is 6.61 Å². The van der Waals surface area contributed by atoms with Crippen LogP contribution in [0, 0.1) is 5.82 Å². The first-order valence-corrected chi connectivity index (χ1v) is 6.06. The molecule has 0 aliphatic carbocycles. The molecule has 2 N–H and O–H groups in total. The summed E-state index contributed by atoms with van der Waals surface area (Å²) in [7, 11) is 0. The largest absolute Gasteiger partial charge is 0.483 e. The summed E-state index contributed by atoms with van der Waals surface area (Å²) >= 11 is 5.50. The van der Waals surface area contributed by atoms with E-state index >= 15 is 0 Å². The fourth-order valence-electron chi connectivity index (χ4n) is 1.42. The highest BCUT2D eigenvalue weighted by molar-refractivity contribution is 6.28. The molecule has 19 heavy (non-hydrogen) atoms. The van der Waals surface area contributed by atoms with Crippen LogP contribution < -0.4 is 10.5 Å². The van der Waals surface area contributed by atoms with Gasteiger partial charge in [0.05, 0.1) is 17.8 Å². The number of benzene rings is 1. The van der Waals surface area contributed by atoms with E-state index in [1.54, 1.807) is 18.2 Å². The third-order valence-electron chi connectivity index (χ3n) is 2.28. The molecule has 0 unspecified atom stereocenters. The van der Waals surface area contributed by atoms with Crippen LogP contribution in [0.25, 0.3) is 0 Å². The van der Waals surface area contributed by atoms with Crippen LogP contribution in [0.2, 0.25) is 0 Å². The van der Waals surface area contributed by atoms with Crippen molar-refractivity contribution in [1.29, 1.82) is 0 Å². The maximum absolute atomic E-state index is 13.7. The topological polar surface area (TPSA) is 60.8 Å². The molecule has 0 bridgehead atoms. The molecule has 6 heteroatoms. The Bertz CT molecular complexity index is 570. The van der Waals surface area contributed by atoms with Crippen LogP contribution in [0.4, 0.5) is 10.1 Å². The van der Waals surface area contributed by atoms with Crippen LogP contribution in [0.5, 0.6) is 5.75 Å². The van der Waals surface area contributed by atoms with Crippen molar-refractivity contribution in [2.75, 3.05) is 5.88 Å². The van der Waals surface area contributed by atoms with Gasteiger partial charge in [-0.2, -0.15) is 0 Å². The van der Waals surface area contributed by atoms with E-state index < -0.39 is 5.82 Å². The SMILES string of the molecule is NC(CCl)=Nc1ccc(OCc2ccco2)c(F)c1. The summed E-state index contributed by atoms with van der Waals surface area (Å²) in [5, 5.41) is 0. The van der Waals surface area contributed by atoms with Gasteiger partial charge < -0.3 is 14.9 Å².